The van der Waals surface area contributed by atoms with E-state index in [0.717, 1.165) is 11.5 Å². The van der Waals surface area contributed by atoms with Crippen LogP contribution >= 0.6 is 11.5 Å². The van der Waals surface area contributed by atoms with Crippen molar-refractivity contribution in [3.8, 4) is 0 Å². The molecule has 0 spiro atoms. The monoisotopic (exact) mass is 157 g/mol. The lowest BCUT2D eigenvalue weighted by atomic mass is 10.2. The van der Waals surface area contributed by atoms with Gasteiger partial charge in [0.25, 0.3) is 0 Å². The third-order valence-corrected chi connectivity index (χ3v) is 1.53. The molecule has 0 saturated carbocycles. The van der Waals surface area contributed by atoms with E-state index in [9.17, 15) is 4.79 Å². The quantitative estimate of drug-likeness (QED) is 0.617. The van der Waals surface area contributed by atoms with Crippen molar-refractivity contribution >= 4 is 17.3 Å². The van der Waals surface area contributed by atoms with Crippen LogP contribution < -0.4 is 5.73 Å². The Morgan fingerprint density at radius 1 is 1.90 bits per heavy atom. The molecule has 0 fully saturated rings. The number of aromatic nitrogens is 2. The van der Waals surface area contributed by atoms with E-state index in [2.05, 4.69) is 9.59 Å². The van der Waals surface area contributed by atoms with Crippen LogP contribution in [-0.2, 0) is 0 Å². The summed E-state index contributed by atoms with van der Waals surface area (Å²) in [6.45, 7) is 1.63. The summed E-state index contributed by atoms with van der Waals surface area (Å²) in [4.78, 5) is 11.0. The highest BCUT2D eigenvalue weighted by molar-refractivity contribution is 7.03. The van der Waals surface area contributed by atoms with Gasteiger partial charge in [-0.25, -0.2) is 0 Å². The van der Waals surface area contributed by atoms with Crippen LogP contribution in [0.5, 0.6) is 0 Å². The molecule has 0 bridgehead atoms. The van der Waals surface area contributed by atoms with E-state index in [1.165, 1.54) is 0 Å². The van der Waals surface area contributed by atoms with E-state index >= 15 is 0 Å². The topological polar surface area (TPSA) is 68.9 Å². The molecule has 0 saturated heterocycles. The number of nitrogens with zero attached hydrogens (tertiary/aromatic N) is 2. The van der Waals surface area contributed by atoms with E-state index in [-0.39, 0.29) is 5.78 Å². The van der Waals surface area contributed by atoms with Crippen molar-refractivity contribution in [1.29, 1.82) is 0 Å². The summed E-state index contributed by atoms with van der Waals surface area (Å²) < 4.78 is 3.54. The molecule has 0 amide bonds. The summed E-state index contributed by atoms with van der Waals surface area (Å²) in [6.07, 6.45) is 0. The molecular formula is C5H7N3OS. The van der Waals surface area contributed by atoms with Crippen LogP contribution in [0.2, 0.25) is 0 Å². The molecule has 1 rings (SSSR count). The second kappa shape index (κ2) is 2.85. The Morgan fingerprint density at radius 3 is 3.00 bits per heavy atom. The lowest BCUT2D eigenvalue weighted by Crippen LogP contribution is -2.26. The van der Waals surface area contributed by atoms with Gasteiger partial charge in [0.2, 0.25) is 0 Å². The van der Waals surface area contributed by atoms with Gasteiger partial charge in [0.05, 0.1) is 6.04 Å². The first-order valence-electron chi connectivity index (χ1n) is 2.78. The molecule has 1 unspecified atom stereocenters. The van der Waals surface area contributed by atoms with Crippen LogP contribution in [0.25, 0.3) is 0 Å². The minimum absolute atomic E-state index is 0.159. The van der Waals surface area contributed by atoms with Crippen LogP contribution in [-0.4, -0.2) is 21.4 Å². The minimum Gasteiger partial charge on any atom is -0.321 e. The molecule has 10 heavy (non-hydrogen) atoms. The molecule has 2 N–H and O–H groups in total. The Morgan fingerprint density at radius 2 is 2.60 bits per heavy atom. The van der Waals surface area contributed by atoms with E-state index in [4.69, 9.17) is 5.73 Å². The Labute approximate surface area is 62.2 Å². The summed E-state index contributed by atoms with van der Waals surface area (Å²) in [5.41, 5.74) is 5.68. The zero-order chi connectivity index (χ0) is 7.56. The van der Waals surface area contributed by atoms with Crippen molar-refractivity contribution in [2.75, 3.05) is 0 Å². The first kappa shape index (κ1) is 7.30. The molecule has 5 heteroatoms. The highest BCUT2D eigenvalue weighted by Gasteiger charge is 2.12. The number of carbonyl (C=O) groups is 1. The molecule has 0 radical (unpaired) electrons. The summed E-state index contributed by atoms with van der Waals surface area (Å²) >= 11 is 1.15. The minimum atomic E-state index is -0.483. The molecule has 1 heterocycles. The van der Waals surface area contributed by atoms with Crippen LogP contribution in [0.4, 0.5) is 0 Å². The fourth-order valence-corrected chi connectivity index (χ4v) is 0.951. The smallest absolute Gasteiger partial charge is 0.200 e. The Hall–Kier alpha value is -0.810. The lowest BCUT2D eigenvalue weighted by Gasteiger charge is -1.97. The number of nitrogens with two attached hydrogens (primary N) is 1. The highest BCUT2D eigenvalue weighted by atomic mass is 32.1. The van der Waals surface area contributed by atoms with Crippen LogP contribution in [0, 0.1) is 0 Å². The van der Waals surface area contributed by atoms with E-state index < -0.39 is 6.04 Å². The van der Waals surface area contributed by atoms with E-state index in [0.29, 0.717) is 5.69 Å². The lowest BCUT2D eigenvalue weighted by molar-refractivity contribution is 0.0963. The van der Waals surface area contributed by atoms with Crippen molar-refractivity contribution in [1.82, 2.24) is 9.59 Å². The molecular weight excluding hydrogens is 150 g/mol. The van der Waals surface area contributed by atoms with Crippen LogP contribution in [0.15, 0.2) is 5.38 Å². The molecule has 0 aliphatic rings. The Bertz CT molecular complexity index is 219. The van der Waals surface area contributed by atoms with Gasteiger partial charge in [-0.3, -0.25) is 4.79 Å². The van der Waals surface area contributed by atoms with Crippen molar-refractivity contribution in [3.63, 3.8) is 0 Å². The summed E-state index contributed by atoms with van der Waals surface area (Å²) in [6, 6.07) is -0.483. The van der Waals surface area contributed by atoms with Gasteiger partial charge in [0.1, 0.15) is 5.69 Å². The third kappa shape index (κ3) is 1.37. The SMILES string of the molecule is CC(N)C(=O)c1csnn1. The number of hydrogen-bond donors (Lipinski definition) is 1. The maximum atomic E-state index is 11.0. The fourth-order valence-electron chi connectivity index (χ4n) is 0.505. The second-order valence-electron chi connectivity index (χ2n) is 1.94. The average Bonchev–Trinajstić information content (AvgIpc) is 2.36. The van der Waals surface area contributed by atoms with Gasteiger partial charge < -0.3 is 5.73 Å². The third-order valence-electron chi connectivity index (χ3n) is 1.03. The average molecular weight is 157 g/mol. The van der Waals surface area contributed by atoms with Gasteiger partial charge in [-0.15, -0.1) is 5.10 Å². The van der Waals surface area contributed by atoms with Gasteiger partial charge in [-0.2, -0.15) is 0 Å². The maximum Gasteiger partial charge on any atom is 0.200 e. The number of carbonyl (C=O) groups excluding carboxylic acids is 1. The molecule has 1 aromatic heterocycles. The zero-order valence-electron chi connectivity index (χ0n) is 5.44. The Balaban J connectivity index is 2.78. The van der Waals surface area contributed by atoms with Crippen molar-refractivity contribution in [3.05, 3.63) is 11.1 Å². The number of Topliss-reactive ketones (excluding diaryl/α,β-unsaturated/α-hetero) is 1. The summed E-state index contributed by atoms with van der Waals surface area (Å²) in [5.74, 6) is -0.159. The molecule has 0 aliphatic carbocycles. The van der Waals surface area contributed by atoms with Crippen LogP contribution in [0.1, 0.15) is 17.4 Å². The van der Waals surface area contributed by atoms with Gasteiger partial charge in [0.15, 0.2) is 5.78 Å². The molecule has 4 nitrogen and oxygen atoms in total. The predicted octanol–water partition coefficient (Wildman–Crippen LogP) is 0.0680. The molecule has 1 atom stereocenters. The van der Waals surface area contributed by atoms with E-state index in [1.807, 2.05) is 0 Å². The maximum absolute atomic E-state index is 11.0. The zero-order valence-corrected chi connectivity index (χ0v) is 6.26. The van der Waals surface area contributed by atoms with Gasteiger partial charge in [-0.1, -0.05) is 4.49 Å². The van der Waals surface area contributed by atoms with Gasteiger partial charge in [-0.05, 0) is 18.5 Å². The highest BCUT2D eigenvalue weighted by Crippen LogP contribution is 1.99. The predicted molar refractivity (Wildman–Crippen MR) is 37.9 cm³/mol. The summed E-state index contributed by atoms with van der Waals surface area (Å²) in [7, 11) is 0. The summed E-state index contributed by atoms with van der Waals surface area (Å²) in [5, 5.41) is 5.17. The van der Waals surface area contributed by atoms with E-state index in [1.54, 1.807) is 12.3 Å². The molecule has 0 aliphatic heterocycles. The largest absolute Gasteiger partial charge is 0.321 e. The van der Waals surface area contributed by atoms with Crippen LogP contribution in [0.3, 0.4) is 0 Å². The van der Waals surface area contributed by atoms with Gasteiger partial charge in [0, 0.05) is 5.38 Å². The molecule has 1 aromatic rings. The van der Waals surface area contributed by atoms with Crippen molar-refractivity contribution in [2.45, 2.75) is 13.0 Å². The Kier molecular flexibility index (Phi) is 2.08. The fraction of sp³-hybridized carbons (Fsp3) is 0.400. The normalized spacial score (nSPS) is 13.0. The second-order valence-corrected chi connectivity index (χ2v) is 2.55. The molecule has 54 valence electrons. The first-order valence-corrected chi connectivity index (χ1v) is 3.62. The number of rotatable bonds is 2. The standard InChI is InChI=1S/C5H7N3OS/c1-3(6)5(9)4-2-10-8-7-4/h2-3H,6H2,1H3. The molecule has 0 aromatic carbocycles. The van der Waals surface area contributed by atoms with Crippen molar-refractivity contribution in [2.24, 2.45) is 5.73 Å². The van der Waals surface area contributed by atoms with Crippen molar-refractivity contribution < 1.29 is 4.79 Å². The number of hydrogen-bond acceptors (Lipinski definition) is 5. The first-order chi connectivity index (χ1) is 4.72. The number of ketones is 1. The van der Waals surface area contributed by atoms with Gasteiger partial charge >= 0.3 is 0 Å².